The summed E-state index contributed by atoms with van der Waals surface area (Å²) in [5, 5.41) is 3.16. The molecule has 0 saturated carbocycles. The molecule has 2 aliphatic heterocycles. The fourth-order valence-electron chi connectivity index (χ4n) is 3.00. The summed E-state index contributed by atoms with van der Waals surface area (Å²) < 4.78 is 10.9. The van der Waals surface area contributed by atoms with Crippen molar-refractivity contribution < 1.29 is 14.3 Å². The number of nitrogens with one attached hydrogen (secondary N) is 1. The van der Waals surface area contributed by atoms with E-state index >= 15 is 0 Å². The van der Waals surface area contributed by atoms with Gasteiger partial charge in [-0.1, -0.05) is 12.1 Å². The Hall–Kier alpha value is -1.39. The van der Waals surface area contributed by atoms with Crippen LogP contribution in [-0.4, -0.2) is 38.7 Å². The number of carbonyl (C=O) groups is 1. The van der Waals surface area contributed by atoms with Crippen LogP contribution < -0.4 is 10.1 Å². The average Bonchev–Trinajstić information content (AvgIpc) is 3.12. The second kappa shape index (κ2) is 5.94. The molecular formula is C16H21NO3. The second-order valence-electron chi connectivity index (χ2n) is 5.55. The quantitative estimate of drug-likeness (QED) is 0.881. The molecule has 1 aromatic carbocycles. The largest absolute Gasteiger partial charge is 0.493 e. The van der Waals surface area contributed by atoms with Crippen molar-refractivity contribution in [1.29, 1.82) is 0 Å². The lowest BCUT2D eigenvalue weighted by atomic mass is 9.93. The Labute approximate surface area is 119 Å². The molecule has 4 heteroatoms. The van der Waals surface area contributed by atoms with Crippen molar-refractivity contribution in [1.82, 2.24) is 5.32 Å². The van der Waals surface area contributed by atoms with E-state index in [4.69, 9.17) is 9.47 Å². The summed E-state index contributed by atoms with van der Waals surface area (Å²) >= 11 is 0. The van der Waals surface area contributed by atoms with Gasteiger partial charge in [0.2, 0.25) is 0 Å². The van der Waals surface area contributed by atoms with Crippen LogP contribution in [0.2, 0.25) is 0 Å². The standard InChI is InChI=1S/C16H21NO3/c1-17-14-10-19-9-13(14)15(18)4-2-11-3-5-16-12(8-11)6-7-20-16/h3,5,8,13-14,17H,2,4,6-7,9-10H2,1H3. The van der Waals surface area contributed by atoms with Gasteiger partial charge in [0.05, 0.1) is 25.7 Å². The molecule has 3 rings (SSSR count). The summed E-state index contributed by atoms with van der Waals surface area (Å²) in [6.07, 6.45) is 2.38. The smallest absolute Gasteiger partial charge is 0.140 e. The van der Waals surface area contributed by atoms with E-state index < -0.39 is 0 Å². The lowest BCUT2D eigenvalue weighted by Gasteiger charge is -2.15. The molecule has 0 radical (unpaired) electrons. The number of hydrogen-bond acceptors (Lipinski definition) is 4. The van der Waals surface area contributed by atoms with Crippen LogP contribution >= 0.6 is 0 Å². The first-order valence-corrected chi connectivity index (χ1v) is 7.30. The van der Waals surface area contributed by atoms with Gasteiger partial charge in [-0.05, 0) is 30.7 Å². The van der Waals surface area contributed by atoms with Crippen LogP contribution in [0.25, 0.3) is 0 Å². The maximum atomic E-state index is 12.3. The van der Waals surface area contributed by atoms with E-state index in [9.17, 15) is 4.79 Å². The van der Waals surface area contributed by atoms with Gasteiger partial charge in [0.15, 0.2) is 0 Å². The molecule has 1 saturated heterocycles. The average molecular weight is 275 g/mol. The number of likely N-dealkylation sites (N-methyl/N-ethyl adjacent to an activating group) is 1. The van der Waals surface area contributed by atoms with Gasteiger partial charge in [-0.15, -0.1) is 0 Å². The van der Waals surface area contributed by atoms with Gasteiger partial charge < -0.3 is 14.8 Å². The third-order valence-electron chi connectivity index (χ3n) is 4.28. The Bertz CT molecular complexity index is 500. The minimum absolute atomic E-state index is 0.0118. The van der Waals surface area contributed by atoms with Crippen LogP contribution in [0, 0.1) is 5.92 Å². The summed E-state index contributed by atoms with van der Waals surface area (Å²) in [4.78, 5) is 12.3. The Morgan fingerprint density at radius 3 is 3.15 bits per heavy atom. The molecule has 0 aromatic heterocycles. The summed E-state index contributed by atoms with van der Waals surface area (Å²) in [6, 6.07) is 6.45. The Morgan fingerprint density at radius 2 is 2.30 bits per heavy atom. The van der Waals surface area contributed by atoms with E-state index in [0.29, 0.717) is 25.4 Å². The van der Waals surface area contributed by atoms with Crippen LogP contribution in [-0.2, 0) is 22.4 Å². The molecule has 4 nitrogen and oxygen atoms in total. The SMILES string of the molecule is CNC1COCC1C(=O)CCc1ccc2c(c1)CCO2. The zero-order valence-corrected chi connectivity index (χ0v) is 11.9. The van der Waals surface area contributed by atoms with E-state index in [1.54, 1.807) is 0 Å². The van der Waals surface area contributed by atoms with Crippen LogP contribution in [0.15, 0.2) is 18.2 Å². The number of hydrogen-bond donors (Lipinski definition) is 1. The topological polar surface area (TPSA) is 47.6 Å². The number of rotatable bonds is 5. The van der Waals surface area contributed by atoms with E-state index in [0.717, 1.165) is 25.2 Å². The van der Waals surface area contributed by atoms with Crippen molar-refractivity contribution in [2.24, 2.45) is 5.92 Å². The summed E-state index contributed by atoms with van der Waals surface area (Å²) in [5.74, 6) is 1.32. The van der Waals surface area contributed by atoms with Crippen LogP contribution in [0.4, 0.5) is 0 Å². The van der Waals surface area contributed by atoms with Gasteiger partial charge in [-0.2, -0.15) is 0 Å². The monoisotopic (exact) mass is 275 g/mol. The first-order chi connectivity index (χ1) is 9.78. The van der Waals surface area contributed by atoms with Crippen molar-refractivity contribution in [2.45, 2.75) is 25.3 Å². The molecule has 2 atom stereocenters. The number of fused-ring (bicyclic) bond motifs is 1. The highest BCUT2D eigenvalue weighted by Gasteiger charge is 2.32. The first-order valence-electron chi connectivity index (χ1n) is 7.30. The van der Waals surface area contributed by atoms with E-state index in [-0.39, 0.29) is 12.0 Å². The van der Waals surface area contributed by atoms with Gasteiger partial charge in [0.1, 0.15) is 11.5 Å². The molecule has 1 aromatic rings. The zero-order chi connectivity index (χ0) is 13.9. The predicted molar refractivity (Wildman–Crippen MR) is 76.1 cm³/mol. The van der Waals surface area contributed by atoms with E-state index in [1.807, 2.05) is 13.1 Å². The van der Waals surface area contributed by atoms with Crippen molar-refractivity contribution in [2.75, 3.05) is 26.9 Å². The second-order valence-corrected chi connectivity index (χ2v) is 5.55. The first kappa shape index (κ1) is 13.6. The van der Waals surface area contributed by atoms with Gasteiger partial charge in [0, 0.05) is 18.9 Å². The normalized spacial score (nSPS) is 24.4. The molecule has 2 aliphatic rings. The van der Waals surface area contributed by atoms with Gasteiger partial charge in [0.25, 0.3) is 0 Å². The molecular weight excluding hydrogens is 254 g/mol. The minimum Gasteiger partial charge on any atom is -0.493 e. The van der Waals surface area contributed by atoms with Gasteiger partial charge in [-0.25, -0.2) is 0 Å². The Morgan fingerprint density at radius 1 is 1.40 bits per heavy atom. The van der Waals surface area contributed by atoms with Crippen molar-refractivity contribution in [3.05, 3.63) is 29.3 Å². The zero-order valence-electron chi connectivity index (χ0n) is 11.9. The number of aryl methyl sites for hydroxylation is 1. The maximum Gasteiger partial charge on any atom is 0.140 e. The molecule has 0 aliphatic carbocycles. The highest BCUT2D eigenvalue weighted by molar-refractivity contribution is 5.82. The predicted octanol–water partition coefficient (Wildman–Crippen LogP) is 1.36. The molecule has 2 heterocycles. The molecule has 1 N–H and O–H groups in total. The van der Waals surface area contributed by atoms with Crippen LogP contribution in [0.1, 0.15) is 17.5 Å². The lowest BCUT2D eigenvalue weighted by Crippen LogP contribution is -2.37. The third kappa shape index (κ3) is 2.72. The maximum absolute atomic E-state index is 12.3. The van der Waals surface area contributed by atoms with E-state index in [2.05, 4.69) is 17.4 Å². The summed E-state index contributed by atoms with van der Waals surface area (Å²) in [7, 11) is 1.89. The highest BCUT2D eigenvalue weighted by Crippen LogP contribution is 2.26. The molecule has 0 spiro atoms. The van der Waals surface area contributed by atoms with Crippen LogP contribution in [0.5, 0.6) is 5.75 Å². The van der Waals surface area contributed by atoms with E-state index in [1.165, 1.54) is 11.1 Å². The van der Waals surface area contributed by atoms with Gasteiger partial charge >= 0.3 is 0 Å². The third-order valence-corrected chi connectivity index (χ3v) is 4.28. The molecule has 108 valence electrons. The minimum atomic E-state index is 0.0118. The number of ketones is 1. The van der Waals surface area contributed by atoms with Crippen molar-refractivity contribution in [3.63, 3.8) is 0 Å². The Balaban J connectivity index is 1.58. The molecule has 20 heavy (non-hydrogen) atoms. The fraction of sp³-hybridized carbons (Fsp3) is 0.562. The molecule has 1 fully saturated rings. The molecule has 0 bridgehead atoms. The lowest BCUT2D eigenvalue weighted by molar-refractivity contribution is -0.123. The van der Waals surface area contributed by atoms with Crippen molar-refractivity contribution in [3.8, 4) is 5.75 Å². The fourth-order valence-corrected chi connectivity index (χ4v) is 3.00. The number of ether oxygens (including phenoxy) is 2. The molecule has 0 amide bonds. The Kier molecular flexibility index (Phi) is 4.03. The summed E-state index contributed by atoms with van der Waals surface area (Å²) in [5.41, 5.74) is 2.50. The van der Waals surface area contributed by atoms with Crippen molar-refractivity contribution >= 4 is 5.78 Å². The number of Topliss-reactive ketones (excluding diaryl/α,β-unsaturated/α-hetero) is 1. The molecule has 2 unspecified atom stereocenters. The highest BCUT2D eigenvalue weighted by atomic mass is 16.5. The van der Waals surface area contributed by atoms with Crippen LogP contribution in [0.3, 0.4) is 0 Å². The summed E-state index contributed by atoms with van der Waals surface area (Å²) in [6.45, 7) is 1.98. The van der Waals surface area contributed by atoms with Gasteiger partial charge in [-0.3, -0.25) is 4.79 Å². The number of benzene rings is 1. The number of carbonyl (C=O) groups excluding carboxylic acids is 1.